The van der Waals surface area contributed by atoms with Crippen LogP contribution in [0.3, 0.4) is 0 Å². The van der Waals surface area contributed by atoms with Gasteiger partial charge < -0.3 is 15.4 Å². The fourth-order valence-corrected chi connectivity index (χ4v) is 3.50. The molecule has 0 bridgehead atoms. The minimum Gasteiger partial charge on any atom is -0.496 e. The predicted molar refractivity (Wildman–Crippen MR) is 102 cm³/mol. The highest BCUT2D eigenvalue weighted by molar-refractivity contribution is 5.96. The molecule has 1 heterocycles. The Kier molecular flexibility index (Phi) is 6.12. The lowest BCUT2D eigenvalue weighted by Crippen LogP contribution is -2.44. The van der Waals surface area contributed by atoms with Gasteiger partial charge in [-0.1, -0.05) is 26.8 Å². The molecule has 1 aliphatic rings. The number of benzene rings is 1. The van der Waals surface area contributed by atoms with Crippen LogP contribution in [0.25, 0.3) is 0 Å². The van der Waals surface area contributed by atoms with Crippen molar-refractivity contribution in [1.82, 2.24) is 9.80 Å². The van der Waals surface area contributed by atoms with Crippen molar-refractivity contribution in [3.8, 4) is 5.75 Å². The molecule has 1 amide bonds. The average molecular weight is 348 g/mol. The van der Waals surface area contributed by atoms with Crippen LogP contribution in [0.4, 0.5) is 0 Å². The summed E-state index contributed by atoms with van der Waals surface area (Å²) in [5.74, 6) is 0.182. The van der Waals surface area contributed by atoms with E-state index in [0.29, 0.717) is 17.4 Å². The van der Waals surface area contributed by atoms with Gasteiger partial charge in [-0.25, -0.2) is 0 Å². The minimum absolute atomic E-state index is 0.0563. The molecule has 0 aliphatic carbocycles. The second-order valence-electron chi connectivity index (χ2n) is 8.33. The van der Waals surface area contributed by atoms with Crippen LogP contribution in [-0.4, -0.2) is 56.0 Å². The molecule has 1 aromatic carbocycles. The Hall–Kier alpha value is -1.59. The lowest BCUT2D eigenvalue weighted by molar-refractivity contribution is 0.0996. The molecule has 1 fully saturated rings. The van der Waals surface area contributed by atoms with E-state index in [-0.39, 0.29) is 5.41 Å². The maximum atomic E-state index is 12.0. The van der Waals surface area contributed by atoms with E-state index in [1.807, 2.05) is 6.07 Å². The highest BCUT2D eigenvalue weighted by Crippen LogP contribution is 2.33. The topological polar surface area (TPSA) is 58.8 Å². The first-order valence-electron chi connectivity index (χ1n) is 9.03. The smallest absolute Gasteiger partial charge is 0.252 e. The molecule has 140 valence electrons. The number of primary amides is 1. The molecule has 1 aromatic rings. The molecule has 0 spiro atoms. The highest BCUT2D eigenvalue weighted by Gasteiger charge is 2.25. The lowest BCUT2D eigenvalue weighted by atomic mass is 9.84. The van der Waals surface area contributed by atoms with Crippen molar-refractivity contribution < 1.29 is 9.53 Å². The van der Waals surface area contributed by atoms with Crippen LogP contribution < -0.4 is 10.5 Å². The number of nitrogens with two attached hydrogens (primary N) is 1. The van der Waals surface area contributed by atoms with Crippen molar-refractivity contribution in [3.05, 3.63) is 28.8 Å². The summed E-state index contributed by atoms with van der Waals surface area (Å²) in [6.07, 6.45) is 2.42. The Morgan fingerprint density at radius 2 is 2.04 bits per heavy atom. The molecule has 1 atom stereocenters. The molecule has 0 aromatic heterocycles. The van der Waals surface area contributed by atoms with Gasteiger partial charge in [0.25, 0.3) is 5.91 Å². The number of carbonyl (C=O) groups excluding carboxylic acids is 1. The molecule has 1 saturated heterocycles. The highest BCUT2D eigenvalue weighted by atomic mass is 16.5. The van der Waals surface area contributed by atoms with Crippen molar-refractivity contribution in [2.75, 3.05) is 34.3 Å². The number of hydrogen-bond acceptors (Lipinski definition) is 4. The standard InChI is InChI=1S/C20H33N3O2/c1-20(2,3)15-10-14(18(25-6)17(11-15)19(21)24)12-23-9-7-8-16(13-23)22(4)5/h10-11,16H,7-9,12-13H2,1-6H3,(H2,21,24). The van der Waals surface area contributed by atoms with Crippen molar-refractivity contribution in [3.63, 3.8) is 0 Å². The first-order valence-corrected chi connectivity index (χ1v) is 9.03. The number of hydrogen-bond donors (Lipinski definition) is 1. The molecular formula is C20H33N3O2. The van der Waals surface area contributed by atoms with Crippen LogP contribution >= 0.6 is 0 Å². The van der Waals surface area contributed by atoms with E-state index >= 15 is 0 Å². The maximum Gasteiger partial charge on any atom is 0.252 e. The maximum absolute atomic E-state index is 12.0. The molecule has 5 nitrogen and oxygen atoms in total. The van der Waals surface area contributed by atoms with Gasteiger partial charge in [0, 0.05) is 24.7 Å². The third-order valence-corrected chi connectivity index (χ3v) is 5.11. The van der Waals surface area contributed by atoms with Gasteiger partial charge in [0.15, 0.2) is 0 Å². The Morgan fingerprint density at radius 3 is 2.56 bits per heavy atom. The normalized spacial score (nSPS) is 19.2. The third kappa shape index (κ3) is 4.73. The number of ether oxygens (including phenoxy) is 1. The monoisotopic (exact) mass is 347 g/mol. The third-order valence-electron chi connectivity index (χ3n) is 5.11. The predicted octanol–water partition coefficient (Wildman–Crippen LogP) is 2.62. The molecule has 1 unspecified atom stereocenters. The zero-order chi connectivity index (χ0) is 18.8. The Labute approximate surface area is 152 Å². The van der Waals surface area contributed by atoms with E-state index in [1.165, 1.54) is 12.8 Å². The van der Waals surface area contributed by atoms with Gasteiger partial charge in [-0.2, -0.15) is 0 Å². The van der Waals surface area contributed by atoms with E-state index in [0.717, 1.165) is 30.8 Å². The Bertz CT molecular complexity index is 620. The van der Waals surface area contributed by atoms with Gasteiger partial charge in [0.1, 0.15) is 5.75 Å². The summed E-state index contributed by atoms with van der Waals surface area (Å²) in [5, 5.41) is 0. The molecule has 25 heavy (non-hydrogen) atoms. The van der Waals surface area contributed by atoms with Crippen LogP contribution in [0.2, 0.25) is 0 Å². The lowest BCUT2D eigenvalue weighted by Gasteiger charge is -2.36. The Morgan fingerprint density at radius 1 is 1.36 bits per heavy atom. The van der Waals surface area contributed by atoms with Crippen molar-refractivity contribution in [2.45, 2.75) is 51.6 Å². The van der Waals surface area contributed by atoms with Crippen molar-refractivity contribution in [2.24, 2.45) is 5.73 Å². The van der Waals surface area contributed by atoms with Crippen LogP contribution in [0.15, 0.2) is 12.1 Å². The van der Waals surface area contributed by atoms with Crippen molar-refractivity contribution >= 4 is 5.91 Å². The van der Waals surface area contributed by atoms with Gasteiger partial charge in [-0.05, 0) is 50.5 Å². The molecule has 2 rings (SSSR count). The van der Waals surface area contributed by atoms with Crippen LogP contribution in [0.1, 0.15) is 55.1 Å². The van der Waals surface area contributed by atoms with E-state index in [2.05, 4.69) is 50.7 Å². The first-order chi connectivity index (χ1) is 11.6. The fourth-order valence-electron chi connectivity index (χ4n) is 3.50. The van der Waals surface area contributed by atoms with E-state index < -0.39 is 5.91 Å². The molecule has 0 saturated carbocycles. The largest absolute Gasteiger partial charge is 0.496 e. The summed E-state index contributed by atoms with van der Waals surface area (Å²) in [5.41, 5.74) is 8.20. The zero-order valence-corrected chi connectivity index (χ0v) is 16.6. The van der Waals surface area contributed by atoms with Gasteiger partial charge in [0.05, 0.1) is 12.7 Å². The molecule has 2 N–H and O–H groups in total. The van der Waals surface area contributed by atoms with Gasteiger partial charge >= 0.3 is 0 Å². The number of likely N-dealkylation sites (N-methyl/N-ethyl adjacent to an activating group) is 1. The summed E-state index contributed by atoms with van der Waals surface area (Å²) >= 11 is 0. The second-order valence-corrected chi connectivity index (χ2v) is 8.33. The van der Waals surface area contributed by atoms with Crippen molar-refractivity contribution in [1.29, 1.82) is 0 Å². The average Bonchev–Trinajstić information content (AvgIpc) is 2.53. The Balaban J connectivity index is 2.38. The van der Waals surface area contributed by atoms with Gasteiger partial charge in [0.2, 0.25) is 0 Å². The van der Waals surface area contributed by atoms with Crippen LogP contribution in [0.5, 0.6) is 5.75 Å². The molecule has 0 radical (unpaired) electrons. The second kappa shape index (κ2) is 7.75. The summed E-state index contributed by atoms with van der Waals surface area (Å²) in [7, 11) is 5.89. The quantitative estimate of drug-likeness (QED) is 0.889. The summed E-state index contributed by atoms with van der Waals surface area (Å²) in [6.45, 7) is 9.31. The first kappa shape index (κ1) is 19.7. The number of rotatable bonds is 5. The SMILES string of the molecule is COc1c(CN2CCCC(N(C)C)C2)cc(C(C)(C)C)cc1C(N)=O. The number of nitrogens with zero attached hydrogens (tertiary/aromatic N) is 2. The van der Waals surface area contributed by atoms with Crippen LogP contribution in [0, 0.1) is 0 Å². The van der Waals surface area contributed by atoms with Crippen LogP contribution in [-0.2, 0) is 12.0 Å². The summed E-state index contributed by atoms with van der Waals surface area (Å²) in [4.78, 5) is 16.7. The van der Waals surface area contributed by atoms with Gasteiger partial charge in [-0.15, -0.1) is 0 Å². The number of methoxy groups -OCH3 is 1. The van der Waals surface area contributed by atoms with E-state index in [1.54, 1.807) is 7.11 Å². The summed E-state index contributed by atoms with van der Waals surface area (Å²) in [6, 6.07) is 4.62. The number of piperidine rings is 1. The van der Waals surface area contributed by atoms with Gasteiger partial charge in [-0.3, -0.25) is 9.69 Å². The molecule has 5 heteroatoms. The fraction of sp³-hybridized carbons (Fsp3) is 0.650. The molecular weight excluding hydrogens is 314 g/mol. The molecule has 1 aliphatic heterocycles. The number of likely N-dealkylation sites (tertiary alicyclic amines) is 1. The number of amides is 1. The number of carbonyl (C=O) groups is 1. The van der Waals surface area contributed by atoms with E-state index in [9.17, 15) is 4.79 Å². The minimum atomic E-state index is -0.436. The summed E-state index contributed by atoms with van der Waals surface area (Å²) < 4.78 is 5.58. The van der Waals surface area contributed by atoms with E-state index in [4.69, 9.17) is 10.5 Å². The zero-order valence-electron chi connectivity index (χ0n) is 16.6.